The van der Waals surface area contributed by atoms with Gasteiger partial charge in [-0.15, -0.1) is 0 Å². The summed E-state index contributed by atoms with van der Waals surface area (Å²) in [6.07, 6.45) is 8.37. The van der Waals surface area contributed by atoms with Gasteiger partial charge in [0.25, 0.3) is 5.91 Å². The molecule has 110 valence electrons. The molecule has 0 unspecified atom stereocenters. The second-order valence-corrected chi connectivity index (χ2v) is 5.96. The minimum Gasteiger partial charge on any atom is -0.357 e. The summed E-state index contributed by atoms with van der Waals surface area (Å²) in [5.74, 6) is 1.55. The smallest absolute Gasteiger partial charge is 0.256 e. The number of nitrogens with zero attached hydrogens (tertiary/aromatic N) is 4. The summed E-state index contributed by atoms with van der Waals surface area (Å²) >= 11 is 0. The predicted octanol–water partition coefficient (Wildman–Crippen LogP) is 1.47. The van der Waals surface area contributed by atoms with Crippen LogP contribution in [0.2, 0.25) is 0 Å². The lowest BCUT2D eigenvalue weighted by atomic mass is 10.3. The minimum absolute atomic E-state index is 0.0667. The molecule has 0 radical (unpaired) electrons. The van der Waals surface area contributed by atoms with Crippen LogP contribution in [-0.4, -0.2) is 40.1 Å². The SMILES string of the molecule is O=C(NCC1CC1)c1cnn2ccc(N3CCCC3)nc12. The van der Waals surface area contributed by atoms with Crippen molar-refractivity contribution in [2.75, 3.05) is 24.5 Å². The van der Waals surface area contributed by atoms with Gasteiger partial charge in [0.05, 0.1) is 6.20 Å². The van der Waals surface area contributed by atoms with Crippen molar-refractivity contribution in [1.29, 1.82) is 0 Å². The van der Waals surface area contributed by atoms with Gasteiger partial charge in [0.2, 0.25) is 0 Å². The number of aromatic nitrogens is 3. The molecule has 1 aliphatic carbocycles. The number of carbonyl (C=O) groups excluding carboxylic acids is 1. The van der Waals surface area contributed by atoms with Gasteiger partial charge < -0.3 is 10.2 Å². The van der Waals surface area contributed by atoms with E-state index in [0.29, 0.717) is 17.1 Å². The van der Waals surface area contributed by atoms with E-state index < -0.39 is 0 Å². The van der Waals surface area contributed by atoms with Gasteiger partial charge in [-0.2, -0.15) is 5.10 Å². The molecule has 0 bridgehead atoms. The first-order valence-electron chi connectivity index (χ1n) is 7.69. The Balaban J connectivity index is 1.61. The number of rotatable bonds is 4. The second-order valence-electron chi connectivity index (χ2n) is 5.96. The van der Waals surface area contributed by atoms with E-state index in [-0.39, 0.29) is 5.91 Å². The van der Waals surface area contributed by atoms with Gasteiger partial charge in [-0.05, 0) is 37.7 Å². The van der Waals surface area contributed by atoms with Crippen LogP contribution in [0.25, 0.3) is 5.65 Å². The molecule has 2 aromatic rings. The van der Waals surface area contributed by atoms with Crippen LogP contribution in [0.5, 0.6) is 0 Å². The van der Waals surface area contributed by atoms with Crippen LogP contribution in [0.15, 0.2) is 18.5 Å². The van der Waals surface area contributed by atoms with Crippen molar-refractivity contribution in [3.05, 3.63) is 24.0 Å². The van der Waals surface area contributed by atoms with Crippen molar-refractivity contribution >= 4 is 17.4 Å². The zero-order valence-electron chi connectivity index (χ0n) is 12.0. The number of amides is 1. The maximum absolute atomic E-state index is 12.3. The van der Waals surface area contributed by atoms with Gasteiger partial charge in [-0.25, -0.2) is 9.50 Å². The fraction of sp³-hybridized carbons (Fsp3) is 0.533. The predicted molar refractivity (Wildman–Crippen MR) is 79.5 cm³/mol. The zero-order chi connectivity index (χ0) is 14.2. The molecule has 6 heteroatoms. The molecule has 6 nitrogen and oxygen atoms in total. The highest BCUT2D eigenvalue weighted by Crippen LogP contribution is 2.27. The van der Waals surface area contributed by atoms with E-state index in [1.54, 1.807) is 10.7 Å². The summed E-state index contributed by atoms with van der Waals surface area (Å²) in [6, 6.07) is 1.97. The van der Waals surface area contributed by atoms with Gasteiger partial charge in [0.1, 0.15) is 11.4 Å². The number of anilines is 1. The fourth-order valence-corrected chi connectivity index (χ4v) is 2.80. The van der Waals surface area contributed by atoms with Crippen LogP contribution in [0.3, 0.4) is 0 Å². The molecule has 0 spiro atoms. The Labute approximate surface area is 123 Å². The molecule has 2 aromatic heterocycles. The number of hydrogen-bond donors (Lipinski definition) is 1. The Morgan fingerprint density at radius 1 is 1.33 bits per heavy atom. The van der Waals surface area contributed by atoms with Crippen molar-refractivity contribution in [2.24, 2.45) is 5.92 Å². The monoisotopic (exact) mass is 285 g/mol. The third-order valence-corrected chi connectivity index (χ3v) is 4.28. The van der Waals surface area contributed by atoms with Crippen molar-refractivity contribution in [2.45, 2.75) is 25.7 Å². The van der Waals surface area contributed by atoms with E-state index in [2.05, 4.69) is 20.3 Å². The number of carbonyl (C=O) groups is 1. The van der Waals surface area contributed by atoms with Gasteiger partial charge in [0, 0.05) is 25.8 Å². The average molecular weight is 285 g/mol. The van der Waals surface area contributed by atoms with Crippen LogP contribution in [-0.2, 0) is 0 Å². The molecular weight excluding hydrogens is 266 g/mol. The van der Waals surface area contributed by atoms with Crippen molar-refractivity contribution in [3.63, 3.8) is 0 Å². The molecule has 0 atom stereocenters. The molecule has 4 rings (SSSR count). The summed E-state index contributed by atoms with van der Waals surface area (Å²) in [6.45, 7) is 2.85. The van der Waals surface area contributed by atoms with E-state index in [4.69, 9.17) is 0 Å². The highest BCUT2D eigenvalue weighted by Gasteiger charge is 2.23. The molecule has 2 fully saturated rings. The molecule has 2 aliphatic rings. The summed E-state index contributed by atoms with van der Waals surface area (Å²) in [5, 5.41) is 7.21. The highest BCUT2D eigenvalue weighted by atomic mass is 16.1. The molecule has 1 amide bonds. The van der Waals surface area contributed by atoms with Crippen LogP contribution >= 0.6 is 0 Å². The zero-order valence-corrected chi connectivity index (χ0v) is 12.0. The standard InChI is InChI=1S/C15H19N5O/c21-15(16-9-11-3-4-11)12-10-17-20-8-5-13(18-14(12)20)19-6-1-2-7-19/h5,8,10-11H,1-4,6-7,9H2,(H,16,21). The first-order chi connectivity index (χ1) is 10.3. The molecule has 21 heavy (non-hydrogen) atoms. The topological polar surface area (TPSA) is 62.5 Å². The third-order valence-electron chi connectivity index (χ3n) is 4.28. The number of fused-ring (bicyclic) bond motifs is 1. The highest BCUT2D eigenvalue weighted by molar-refractivity contribution is 5.99. The lowest BCUT2D eigenvalue weighted by molar-refractivity contribution is 0.0953. The van der Waals surface area contributed by atoms with E-state index in [0.717, 1.165) is 25.5 Å². The van der Waals surface area contributed by atoms with Crippen molar-refractivity contribution in [3.8, 4) is 0 Å². The van der Waals surface area contributed by atoms with Crippen LogP contribution < -0.4 is 10.2 Å². The molecule has 3 heterocycles. The average Bonchev–Trinajstić information content (AvgIpc) is 3.02. The first kappa shape index (κ1) is 12.6. The van der Waals surface area contributed by atoms with Gasteiger partial charge in [-0.1, -0.05) is 0 Å². The van der Waals surface area contributed by atoms with Gasteiger partial charge >= 0.3 is 0 Å². The third kappa shape index (κ3) is 2.46. The largest absolute Gasteiger partial charge is 0.357 e. The Morgan fingerprint density at radius 3 is 2.90 bits per heavy atom. The number of nitrogens with one attached hydrogen (secondary N) is 1. The second kappa shape index (κ2) is 5.02. The Kier molecular flexibility index (Phi) is 3.02. The number of hydrogen-bond acceptors (Lipinski definition) is 4. The molecule has 1 saturated carbocycles. The summed E-state index contributed by atoms with van der Waals surface area (Å²) in [5.41, 5.74) is 1.21. The molecule has 1 saturated heterocycles. The Bertz CT molecular complexity index is 670. The Hall–Kier alpha value is -2.11. The fourth-order valence-electron chi connectivity index (χ4n) is 2.80. The molecular formula is C15H19N5O. The van der Waals surface area contributed by atoms with Crippen molar-refractivity contribution < 1.29 is 4.79 Å². The Morgan fingerprint density at radius 2 is 2.14 bits per heavy atom. The molecule has 1 aliphatic heterocycles. The molecule has 1 N–H and O–H groups in total. The molecule has 0 aromatic carbocycles. The van der Waals surface area contributed by atoms with E-state index in [1.807, 2.05) is 12.3 Å². The van der Waals surface area contributed by atoms with E-state index in [1.165, 1.54) is 25.7 Å². The summed E-state index contributed by atoms with van der Waals surface area (Å²) in [7, 11) is 0. The minimum atomic E-state index is -0.0667. The quantitative estimate of drug-likeness (QED) is 0.924. The van der Waals surface area contributed by atoms with E-state index in [9.17, 15) is 4.79 Å². The maximum Gasteiger partial charge on any atom is 0.256 e. The van der Waals surface area contributed by atoms with Gasteiger partial charge in [-0.3, -0.25) is 4.79 Å². The van der Waals surface area contributed by atoms with E-state index >= 15 is 0 Å². The van der Waals surface area contributed by atoms with Gasteiger partial charge in [0.15, 0.2) is 5.65 Å². The van der Waals surface area contributed by atoms with Crippen LogP contribution in [0.4, 0.5) is 5.82 Å². The summed E-state index contributed by atoms with van der Waals surface area (Å²) < 4.78 is 1.67. The van der Waals surface area contributed by atoms with Crippen LogP contribution in [0.1, 0.15) is 36.0 Å². The van der Waals surface area contributed by atoms with Crippen LogP contribution in [0, 0.1) is 5.92 Å². The lowest BCUT2D eigenvalue weighted by Crippen LogP contribution is -2.25. The first-order valence-corrected chi connectivity index (χ1v) is 7.69. The normalized spacial score (nSPS) is 18.4. The maximum atomic E-state index is 12.3. The van der Waals surface area contributed by atoms with Crippen molar-refractivity contribution in [1.82, 2.24) is 19.9 Å². The lowest BCUT2D eigenvalue weighted by Gasteiger charge is -2.16. The summed E-state index contributed by atoms with van der Waals surface area (Å²) in [4.78, 5) is 19.2.